The predicted octanol–water partition coefficient (Wildman–Crippen LogP) is 2.42. The Balaban J connectivity index is 2.23. The van der Waals surface area contributed by atoms with Crippen molar-refractivity contribution >= 4 is 0 Å². The molecule has 0 spiro atoms. The van der Waals surface area contributed by atoms with Crippen molar-refractivity contribution in [3.63, 3.8) is 0 Å². The van der Waals surface area contributed by atoms with Crippen molar-refractivity contribution in [2.24, 2.45) is 0 Å². The van der Waals surface area contributed by atoms with E-state index in [2.05, 4.69) is 37.1 Å². The maximum atomic E-state index is 5.42. The van der Waals surface area contributed by atoms with Crippen LogP contribution in [0.15, 0.2) is 24.4 Å². The molecule has 0 radical (unpaired) electrons. The van der Waals surface area contributed by atoms with E-state index in [9.17, 15) is 0 Å². The van der Waals surface area contributed by atoms with Crippen LogP contribution in [0.25, 0.3) is 0 Å². The zero-order valence-electron chi connectivity index (χ0n) is 11.4. The summed E-state index contributed by atoms with van der Waals surface area (Å²) in [6.45, 7) is 7.38. The zero-order valence-corrected chi connectivity index (χ0v) is 11.4. The van der Waals surface area contributed by atoms with Gasteiger partial charge in [-0.1, -0.05) is 6.07 Å². The molecule has 17 heavy (non-hydrogen) atoms. The second-order valence-corrected chi connectivity index (χ2v) is 5.09. The Bertz CT molecular complexity index is 311. The second kappa shape index (κ2) is 6.72. The summed E-state index contributed by atoms with van der Waals surface area (Å²) in [4.78, 5) is 4.30. The Morgan fingerprint density at radius 2 is 2.18 bits per heavy atom. The van der Waals surface area contributed by atoms with Crippen LogP contribution in [0.3, 0.4) is 0 Å². The molecule has 1 unspecified atom stereocenters. The summed E-state index contributed by atoms with van der Waals surface area (Å²) in [7, 11) is 1.76. The minimum Gasteiger partial charge on any atom is -0.379 e. The van der Waals surface area contributed by atoms with Crippen LogP contribution in [0.4, 0.5) is 0 Å². The van der Waals surface area contributed by atoms with Crippen LogP contribution in [0, 0.1) is 0 Å². The topological polar surface area (TPSA) is 34.1 Å². The van der Waals surface area contributed by atoms with Gasteiger partial charge in [-0.15, -0.1) is 0 Å². The molecule has 1 heterocycles. The van der Waals surface area contributed by atoms with E-state index in [-0.39, 0.29) is 5.60 Å². The molecule has 0 fully saturated rings. The van der Waals surface area contributed by atoms with Gasteiger partial charge in [-0.25, -0.2) is 0 Å². The average molecular weight is 236 g/mol. The minimum atomic E-state index is -0.0581. The van der Waals surface area contributed by atoms with E-state index in [0.717, 1.165) is 25.1 Å². The molecule has 3 heteroatoms. The molecule has 3 nitrogen and oxygen atoms in total. The first kappa shape index (κ1) is 14.1. The SMILES string of the molecule is COC(C)(C)CC(C)NCCc1ccccn1. The molecular formula is C14H24N2O. The van der Waals surface area contributed by atoms with E-state index in [1.54, 1.807) is 7.11 Å². The van der Waals surface area contributed by atoms with Crippen molar-refractivity contribution in [1.29, 1.82) is 0 Å². The lowest BCUT2D eigenvalue weighted by atomic mass is 10.00. The third-order valence-electron chi connectivity index (χ3n) is 2.95. The lowest BCUT2D eigenvalue weighted by molar-refractivity contribution is 0.00865. The summed E-state index contributed by atoms with van der Waals surface area (Å²) < 4.78 is 5.42. The van der Waals surface area contributed by atoms with E-state index < -0.39 is 0 Å². The van der Waals surface area contributed by atoms with Crippen molar-refractivity contribution in [3.05, 3.63) is 30.1 Å². The van der Waals surface area contributed by atoms with Gasteiger partial charge in [0.15, 0.2) is 0 Å². The standard InChI is InChI=1S/C14H24N2O/c1-12(11-14(2,3)17-4)15-10-8-13-7-5-6-9-16-13/h5-7,9,12,15H,8,10-11H2,1-4H3. The normalized spacial score (nSPS) is 13.6. The number of hydrogen-bond acceptors (Lipinski definition) is 3. The number of hydrogen-bond donors (Lipinski definition) is 1. The van der Waals surface area contributed by atoms with Gasteiger partial charge in [0.2, 0.25) is 0 Å². The van der Waals surface area contributed by atoms with Gasteiger partial charge in [-0.05, 0) is 39.3 Å². The summed E-state index contributed by atoms with van der Waals surface area (Å²) in [5.74, 6) is 0. The Kier molecular flexibility index (Phi) is 5.59. The fourth-order valence-electron chi connectivity index (χ4n) is 1.89. The first-order valence-corrected chi connectivity index (χ1v) is 6.22. The third-order valence-corrected chi connectivity index (χ3v) is 2.95. The quantitative estimate of drug-likeness (QED) is 0.789. The maximum absolute atomic E-state index is 5.42. The van der Waals surface area contributed by atoms with Gasteiger partial charge in [-0.2, -0.15) is 0 Å². The fourth-order valence-corrected chi connectivity index (χ4v) is 1.89. The highest BCUT2D eigenvalue weighted by Gasteiger charge is 2.19. The van der Waals surface area contributed by atoms with E-state index in [4.69, 9.17) is 4.74 Å². The Hall–Kier alpha value is -0.930. The van der Waals surface area contributed by atoms with Gasteiger partial charge >= 0.3 is 0 Å². The molecule has 0 aliphatic rings. The molecule has 1 N–H and O–H groups in total. The van der Waals surface area contributed by atoms with E-state index in [0.29, 0.717) is 6.04 Å². The number of methoxy groups -OCH3 is 1. The predicted molar refractivity (Wildman–Crippen MR) is 71.1 cm³/mol. The van der Waals surface area contributed by atoms with Gasteiger partial charge in [-0.3, -0.25) is 4.98 Å². The second-order valence-electron chi connectivity index (χ2n) is 5.09. The van der Waals surface area contributed by atoms with Crippen LogP contribution in [0.5, 0.6) is 0 Å². The van der Waals surface area contributed by atoms with Crippen LogP contribution < -0.4 is 5.32 Å². The lowest BCUT2D eigenvalue weighted by Gasteiger charge is -2.27. The van der Waals surface area contributed by atoms with Gasteiger partial charge in [0.05, 0.1) is 5.60 Å². The molecule has 0 saturated heterocycles. The van der Waals surface area contributed by atoms with Gasteiger partial charge in [0, 0.05) is 38.0 Å². The van der Waals surface area contributed by atoms with Gasteiger partial charge in [0.25, 0.3) is 0 Å². The molecule has 0 aromatic carbocycles. The number of aromatic nitrogens is 1. The molecule has 1 aromatic rings. The molecule has 96 valence electrons. The lowest BCUT2D eigenvalue weighted by Crippen LogP contribution is -2.36. The van der Waals surface area contributed by atoms with Crippen LogP contribution >= 0.6 is 0 Å². The van der Waals surface area contributed by atoms with Crippen molar-refractivity contribution in [1.82, 2.24) is 10.3 Å². The monoisotopic (exact) mass is 236 g/mol. The summed E-state index contributed by atoms with van der Waals surface area (Å²) in [6, 6.07) is 6.49. The first-order chi connectivity index (χ1) is 8.03. The van der Waals surface area contributed by atoms with Gasteiger partial charge < -0.3 is 10.1 Å². The molecule has 0 amide bonds. The van der Waals surface area contributed by atoms with Crippen LogP contribution in [-0.2, 0) is 11.2 Å². The summed E-state index contributed by atoms with van der Waals surface area (Å²) >= 11 is 0. The zero-order chi connectivity index (χ0) is 12.7. The van der Waals surface area contributed by atoms with Crippen molar-refractivity contribution in [3.8, 4) is 0 Å². The number of nitrogens with one attached hydrogen (secondary N) is 1. The maximum Gasteiger partial charge on any atom is 0.0637 e. The van der Waals surface area contributed by atoms with Crippen molar-refractivity contribution in [2.75, 3.05) is 13.7 Å². The van der Waals surface area contributed by atoms with Crippen molar-refractivity contribution in [2.45, 2.75) is 45.3 Å². The highest BCUT2D eigenvalue weighted by Crippen LogP contribution is 2.15. The molecule has 1 rings (SSSR count). The van der Waals surface area contributed by atoms with Crippen molar-refractivity contribution < 1.29 is 4.74 Å². The average Bonchev–Trinajstić information content (AvgIpc) is 2.30. The Morgan fingerprint density at radius 3 is 2.76 bits per heavy atom. The number of rotatable bonds is 7. The molecule has 0 saturated carbocycles. The Morgan fingerprint density at radius 1 is 1.41 bits per heavy atom. The number of nitrogens with zero attached hydrogens (tertiary/aromatic N) is 1. The smallest absolute Gasteiger partial charge is 0.0637 e. The van der Waals surface area contributed by atoms with Crippen LogP contribution in [0.2, 0.25) is 0 Å². The number of pyridine rings is 1. The molecule has 1 aromatic heterocycles. The summed E-state index contributed by atoms with van der Waals surface area (Å²) in [5, 5.41) is 3.50. The van der Waals surface area contributed by atoms with Crippen LogP contribution in [0.1, 0.15) is 32.9 Å². The van der Waals surface area contributed by atoms with E-state index in [1.165, 1.54) is 0 Å². The summed E-state index contributed by atoms with van der Waals surface area (Å²) in [6.07, 6.45) is 3.82. The van der Waals surface area contributed by atoms with E-state index in [1.807, 2.05) is 18.3 Å². The first-order valence-electron chi connectivity index (χ1n) is 6.22. The highest BCUT2D eigenvalue weighted by molar-refractivity contribution is 5.03. The molecule has 0 bridgehead atoms. The molecule has 1 atom stereocenters. The van der Waals surface area contributed by atoms with Crippen LogP contribution in [-0.4, -0.2) is 30.3 Å². The Labute approximate surface area is 105 Å². The third kappa shape index (κ3) is 5.80. The molecular weight excluding hydrogens is 212 g/mol. The molecule has 0 aliphatic heterocycles. The summed E-state index contributed by atoms with van der Waals surface area (Å²) in [5.41, 5.74) is 1.08. The van der Waals surface area contributed by atoms with E-state index >= 15 is 0 Å². The minimum absolute atomic E-state index is 0.0581. The highest BCUT2D eigenvalue weighted by atomic mass is 16.5. The molecule has 0 aliphatic carbocycles. The number of ether oxygens (including phenoxy) is 1. The van der Waals surface area contributed by atoms with Gasteiger partial charge in [0.1, 0.15) is 0 Å². The fraction of sp³-hybridized carbons (Fsp3) is 0.643. The largest absolute Gasteiger partial charge is 0.379 e.